The highest BCUT2D eigenvalue weighted by Crippen LogP contribution is 2.32. The Morgan fingerprint density at radius 1 is 1.35 bits per heavy atom. The van der Waals surface area contributed by atoms with Crippen LogP contribution in [0.25, 0.3) is 16.9 Å². The van der Waals surface area contributed by atoms with Crippen LogP contribution < -0.4 is 5.56 Å². The molecule has 3 heterocycles. The van der Waals surface area contributed by atoms with Gasteiger partial charge in [-0.2, -0.15) is 20.0 Å². The zero-order valence-electron chi connectivity index (χ0n) is 14.7. The molecule has 26 heavy (non-hydrogen) atoms. The third-order valence-corrected chi connectivity index (χ3v) is 5.08. The number of H-pyrrole nitrogens is 1. The highest BCUT2D eigenvalue weighted by molar-refractivity contribution is 5.67. The minimum atomic E-state index is -0.395. The zero-order chi connectivity index (χ0) is 18.4. The van der Waals surface area contributed by atoms with Crippen LogP contribution in [0.2, 0.25) is 0 Å². The summed E-state index contributed by atoms with van der Waals surface area (Å²) in [6.07, 6.45) is 7.18. The molecule has 134 valence electrons. The first-order chi connectivity index (χ1) is 12.5. The SMILES string of the molecule is CC(C)c1c(-c2cnn(C3CCCC3O)c2)[nH]c2c(C#N)cnn2c1=O. The molecule has 2 unspecified atom stereocenters. The van der Waals surface area contributed by atoms with Crippen LogP contribution in [-0.4, -0.2) is 35.6 Å². The van der Waals surface area contributed by atoms with E-state index in [0.717, 1.165) is 24.8 Å². The number of rotatable bonds is 3. The molecule has 0 amide bonds. The van der Waals surface area contributed by atoms with Crippen LogP contribution in [0.4, 0.5) is 0 Å². The predicted octanol–water partition coefficient (Wildman–Crippen LogP) is 1.97. The third kappa shape index (κ3) is 2.44. The summed E-state index contributed by atoms with van der Waals surface area (Å²) in [4.78, 5) is 16.1. The van der Waals surface area contributed by atoms with Gasteiger partial charge in [0.05, 0.1) is 30.2 Å². The number of nitrogens with one attached hydrogen (secondary N) is 1. The fraction of sp³-hybridized carbons (Fsp3) is 0.444. The van der Waals surface area contributed by atoms with Crippen LogP contribution in [0.1, 0.15) is 56.2 Å². The maximum atomic E-state index is 12.9. The molecule has 2 N–H and O–H groups in total. The first-order valence-corrected chi connectivity index (χ1v) is 8.78. The van der Waals surface area contributed by atoms with Gasteiger partial charge < -0.3 is 10.1 Å². The molecule has 1 saturated carbocycles. The third-order valence-electron chi connectivity index (χ3n) is 5.08. The van der Waals surface area contributed by atoms with Crippen molar-refractivity contribution in [3.05, 3.63) is 40.1 Å². The number of nitriles is 1. The number of fused-ring (bicyclic) bond motifs is 1. The molecular formula is C18H20N6O2. The van der Waals surface area contributed by atoms with Gasteiger partial charge in [-0.15, -0.1) is 0 Å². The van der Waals surface area contributed by atoms with Crippen LogP contribution in [0.15, 0.2) is 23.4 Å². The highest BCUT2D eigenvalue weighted by Gasteiger charge is 2.28. The van der Waals surface area contributed by atoms with Gasteiger partial charge in [0.15, 0.2) is 5.65 Å². The quantitative estimate of drug-likeness (QED) is 0.748. The van der Waals surface area contributed by atoms with Crippen molar-refractivity contribution in [2.75, 3.05) is 0 Å². The number of hydrogen-bond acceptors (Lipinski definition) is 5. The lowest BCUT2D eigenvalue weighted by molar-refractivity contribution is 0.130. The molecule has 8 heteroatoms. The Morgan fingerprint density at radius 2 is 2.15 bits per heavy atom. The van der Waals surface area contributed by atoms with Crippen molar-refractivity contribution in [1.82, 2.24) is 24.4 Å². The predicted molar refractivity (Wildman–Crippen MR) is 94.7 cm³/mol. The van der Waals surface area contributed by atoms with E-state index in [0.29, 0.717) is 22.5 Å². The second kappa shape index (κ2) is 6.11. The summed E-state index contributed by atoms with van der Waals surface area (Å²) in [5, 5.41) is 27.8. The van der Waals surface area contributed by atoms with Crippen molar-refractivity contribution in [3.63, 3.8) is 0 Å². The van der Waals surface area contributed by atoms with Gasteiger partial charge in [-0.1, -0.05) is 13.8 Å². The van der Waals surface area contributed by atoms with Crippen LogP contribution in [0.3, 0.4) is 0 Å². The minimum Gasteiger partial charge on any atom is -0.391 e. The molecule has 0 bridgehead atoms. The summed E-state index contributed by atoms with van der Waals surface area (Å²) in [5.74, 6) is -0.0340. The molecule has 2 atom stereocenters. The maximum Gasteiger partial charge on any atom is 0.278 e. The minimum absolute atomic E-state index is 0.0340. The first-order valence-electron chi connectivity index (χ1n) is 8.78. The Labute approximate surface area is 149 Å². The van der Waals surface area contributed by atoms with Crippen molar-refractivity contribution in [3.8, 4) is 17.3 Å². The summed E-state index contributed by atoms with van der Waals surface area (Å²) >= 11 is 0. The van der Waals surface area contributed by atoms with Crippen LogP contribution in [-0.2, 0) is 0 Å². The molecule has 1 fully saturated rings. The molecule has 0 spiro atoms. The van der Waals surface area contributed by atoms with Gasteiger partial charge in [-0.05, 0) is 25.2 Å². The van der Waals surface area contributed by atoms with Crippen LogP contribution in [0, 0.1) is 11.3 Å². The van der Waals surface area contributed by atoms with E-state index in [1.165, 1.54) is 10.7 Å². The second-order valence-corrected chi connectivity index (χ2v) is 7.08. The summed E-state index contributed by atoms with van der Waals surface area (Å²) in [7, 11) is 0. The number of aromatic amines is 1. The number of aliphatic hydroxyl groups excluding tert-OH is 1. The average Bonchev–Trinajstić information content (AvgIpc) is 3.32. The van der Waals surface area contributed by atoms with Gasteiger partial charge in [-0.25, -0.2) is 0 Å². The lowest BCUT2D eigenvalue weighted by Crippen LogP contribution is -2.22. The van der Waals surface area contributed by atoms with Crippen molar-refractivity contribution in [2.24, 2.45) is 0 Å². The van der Waals surface area contributed by atoms with Crippen molar-refractivity contribution in [1.29, 1.82) is 5.26 Å². The molecule has 8 nitrogen and oxygen atoms in total. The molecular weight excluding hydrogens is 332 g/mol. The summed E-state index contributed by atoms with van der Waals surface area (Å²) < 4.78 is 3.02. The lowest BCUT2D eigenvalue weighted by atomic mass is 10.00. The Kier molecular flexibility index (Phi) is 3.89. The van der Waals surface area contributed by atoms with Gasteiger partial charge in [0.2, 0.25) is 0 Å². The second-order valence-electron chi connectivity index (χ2n) is 7.08. The molecule has 0 aromatic carbocycles. The molecule has 0 radical (unpaired) electrons. The van der Waals surface area contributed by atoms with Gasteiger partial charge in [0.1, 0.15) is 11.6 Å². The molecule has 1 aliphatic rings. The van der Waals surface area contributed by atoms with E-state index in [1.807, 2.05) is 20.0 Å². The van der Waals surface area contributed by atoms with E-state index < -0.39 is 6.10 Å². The van der Waals surface area contributed by atoms with Crippen molar-refractivity contribution >= 4 is 5.65 Å². The number of aliphatic hydroxyl groups is 1. The van der Waals surface area contributed by atoms with Gasteiger partial charge in [0.25, 0.3) is 5.56 Å². The standard InChI is InChI=1S/C18H20N6O2/c1-10(2)15-16(22-17-11(6-19)7-21-24(17)18(15)26)12-8-20-23(9-12)13-4-3-5-14(13)25/h7-10,13-14,22,25H,3-5H2,1-2H3. The van der Waals surface area contributed by atoms with E-state index >= 15 is 0 Å². The Bertz CT molecular complexity index is 1070. The van der Waals surface area contributed by atoms with Crippen molar-refractivity contribution in [2.45, 2.75) is 51.2 Å². The number of nitrogens with zero attached hydrogens (tertiary/aromatic N) is 5. The summed E-state index contributed by atoms with van der Waals surface area (Å²) in [6, 6.07) is 2.02. The molecule has 4 rings (SSSR count). The maximum absolute atomic E-state index is 12.9. The van der Waals surface area contributed by atoms with E-state index in [9.17, 15) is 15.2 Å². The molecule has 3 aromatic heterocycles. The van der Waals surface area contributed by atoms with E-state index in [-0.39, 0.29) is 17.5 Å². The number of hydrogen-bond donors (Lipinski definition) is 2. The number of aromatic nitrogens is 5. The summed E-state index contributed by atoms with van der Waals surface area (Å²) in [5.41, 5.74) is 2.46. The Morgan fingerprint density at radius 3 is 2.81 bits per heavy atom. The highest BCUT2D eigenvalue weighted by atomic mass is 16.3. The van der Waals surface area contributed by atoms with Crippen molar-refractivity contribution < 1.29 is 5.11 Å². The van der Waals surface area contributed by atoms with E-state index in [2.05, 4.69) is 21.3 Å². The molecule has 0 saturated heterocycles. The monoisotopic (exact) mass is 352 g/mol. The smallest absolute Gasteiger partial charge is 0.278 e. The first kappa shape index (κ1) is 16.5. The normalized spacial score (nSPS) is 20.1. The molecule has 1 aliphatic carbocycles. The Hall–Kier alpha value is -2.92. The van der Waals surface area contributed by atoms with Gasteiger partial charge in [0, 0.05) is 17.3 Å². The molecule has 3 aromatic rings. The molecule has 0 aliphatic heterocycles. The topological polar surface area (TPSA) is 112 Å². The van der Waals surface area contributed by atoms with Crippen LogP contribution in [0.5, 0.6) is 0 Å². The van der Waals surface area contributed by atoms with Gasteiger partial charge in [-0.3, -0.25) is 9.48 Å². The van der Waals surface area contributed by atoms with Gasteiger partial charge >= 0.3 is 0 Å². The fourth-order valence-corrected chi connectivity index (χ4v) is 3.75. The largest absolute Gasteiger partial charge is 0.391 e. The Balaban J connectivity index is 1.90. The zero-order valence-corrected chi connectivity index (χ0v) is 14.7. The van der Waals surface area contributed by atoms with E-state index in [1.54, 1.807) is 10.9 Å². The fourth-order valence-electron chi connectivity index (χ4n) is 3.75. The van der Waals surface area contributed by atoms with E-state index in [4.69, 9.17) is 0 Å². The van der Waals surface area contributed by atoms with Crippen LogP contribution >= 0.6 is 0 Å². The lowest BCUT2D eigenvalue weighted by Gasteiger charge is -2.15. The average molecular weight is 352 g/mol. The summed E-state index contributed by atoms with van der Waals surface area (Å²) in [6.45, 7) is 3.89.